The third kappa shape index (κ3) is 4.41. The Hall–Kier alpha value is -2.69. The zero-order valence-electron chi connectivity index (χ0n) is 15.9. The summed E-state index contributed by atoms with van der Waals surface area (Å²) in [5.41, 5.74) is 2.90. The Labute approximate surface area is 165 Å². The van der Waals surface area contributed by atoms with Crippen LogP contribution in [0.25, 0.3) is 0 Å². The molecule has 5 heteroatoms. The van der Waals surface area contributed by atoms with Crippen molar-refractivity contribution in [3.63, 3.8) is 0 Å². The second-order valence-corrected chi connectivity index (χ2v) is 7.66. The van der Waals surface area contributed by atoms with E-state index in [-0.39, 0.29) is 23.7 Å². The monoisotopic (exact) mass is 380 g/mol. The van der Waals surface area contributed by atoms with Crippen LogP contribution in [0.3, 0.4) is 0 Å². The van der Waals surface area contributed by atoms with Crippen LogP contribution in [0.1, 0.15) is 43.2 Å². The lowest BCUT2D eigenvalue weighted by Crippen LogP contribution is -2.40. The van der Waals surface area contributed by atoms with Crippen molar-refractivity contribution in [1.82, 2.24) is 4.90 Å². The number of hydrogen-bond acceptors (Lipinski definition) is 3. The predicted octanol–water partition coefficient (Wildman–Crippen LogP) is 4.54. The number of benzene rings is 2. The number of rotatable bonds is 6. The van der Waals surface area contributed by atoms with Crippen molar-refractivity contribution >= 4 is 11.6 Å². The first-order chi connectivity index (χ1) is 13.7. The van der Waals surface area contributed by atoms with Crippen molar-refractivity contribution in [2.24, 2.45) is 11.1 Å². The Balaban J connectivity index is 1.44. The molecule has 0 radical (unpaired) electrons. The van der Waals surface area contributed by atoms with Gasteiger partial charge in [-0.2, -0.15) is 0 Å². The first-order valence-electron chi connectivity index (χ1n) is 10.0. The Bertz CT molecular complexity index is 829. The van der Waals surface area contributed by atoms with Gasteiger partial charge in [-0.25, -0.2) is 4.39 Å². The molecule has 0 bridgehead atoms. The third-order valence-electron chi connectivity index (χ3n) is 5.57. The summed E-state index contributed by atoms with van der Waals surface area (Å²) in [6, 6.07) is 16.3. The quantitative estimate of drug-likeness (QED) is 0.738. The fourth-order valence-electron chi connectivity index (χ4n) is 4.05. The van der Waals surface area contributed by atoms with Crippen molar-refractivity contribution in [3.8, 4) is 0 Å². The van der Waals surface area contributed by atoms with E-state index in [2.05, 4.69) is 5.16 Å². The van der Waals surface area contributed by atoms with E-state index in [1.807, 2.05) is 35.2 Å². The first-order valence-corrected chi connectivity index (χ1v) is 10.0. The minimum atomic E-state index is -0.266. The lowest BCUT2D eigenvalue weighted by Gasteiger charge is -2.27. The van der Waals surface area contributed by atoms with E-state index in [4.69, 9.17) is 4.84 Å². The van der Waals surface area contributed by atoms with Crippen LogP contribution in [0.2, 0.25) is 0 Å². The third-order valence-corrected chi connectivity index (χ3v) is 5.57. The molecule has 0 aromatic heterocycles. The highest BCUT2D eigenvalue weighted by Gasteiger charge is 2.31. The summed E-state index contributed by atoms with van der Waals surface area (Å²) in [5, 5.41) is 4.25. The molecule has 1 heterocycles. The minimum Gasteiger partial charge on any atom is -0.390 e. The van der Waals surface area contributed by atoms with Crippen LogP contribution >= 0.6 is 0 Å². The van der Waals surface area contributed by atoms with Crippen LogP contribution in [0.5, 0.6) is 0 Å². The Morgan fingerprint density at radius 3 is 2.50 bits per heavy atom. The van der Waals surface area contributed by atoms with E-state index in [0.29, 0.717) is 19.5 Å². The summed E-state index contributed by atoms with van der Waals surface area (Å²) < 4.78 is 13.2. The van der Waals surface area contributed by atoms with E-state index in [1.54, 1.807) is 12.1 Å². The molecule has 28 heavy (non-hydrogen) atoms. The smallest absolute Gasteiger partial charge is 0.226 e. The van der Waals surface area contributed by atoms with Gasteiger partial charge in [0.1, 0.15) is 5.82 Å². The molecule has 0 saturated heterocycles. The highest BCUT2D eigenvalue weighted by Crippen LogP contribution is 2.28. The normalized spacial score (nSPS) is 19.3. The van der Waals surface area contributed by atoms with Crippen molar-refractivity contribution in [1.29, 1.82) is 0 Å². The number of carbonyl (C=O) groups excluding carboxylic acids is 1. The number of halogens is 1. The SMILES string of the molecule is O=C(C1CCCC1)N(Cc1ccc(F)cc1)C[C@H]1CC(c2ccccc2)=NO1. The lowest BCUT2D eigenvalue weighted by atomic mass is 10.0. The summed E-state index contributed by atoms with van der Waals surface area (Å²) in [5.74, 6) is 0.00685. The molecular weight excluding hydrogens is 355 g/mol. The van der Waals surface area contributed by atoms with Gasteiger partial charge in [-0.1, -0.05) is 60.5 Å². The molecule has 2 aromatic carbocycles. The zero-order chi connectivity index (χ0) is 19.3. The van der Waals surface area contributed by atoms with Crippen molar-refractivity contribution < 1.29 is 14.0 Å². The van der Waals surface area contributed by atoms with Crippen LogP contribution < -0.4 is 0 Å². The maximum absolute atomic E-state index is 13.2. The average Bonchev–Trinajstić information content (AvgIpc) is 3.42. The van der Waals surface area contributed by atoms with Crippen molar-refractivity contribution in [2.75, 3.05) is 6.54 Å². The van der Waals surface area contributed by atoms with Gasteiger partial charge in [0.15, 0.2) is 6.10 Å². The Morgan fingerprint density at radius 1 is 1.07 bits per heavy atom. The average molecular weight is 380 g/mol. The van der Waals surface area contributed by atoms with Gasteiger partial charge in [-0.3, -0.25) is 4.79 Å². The van der Waals surface area contributed by atoms with Gasteiger partial charge < -0.3 is 9.74 Å². The van der Waals surface area contributed by atoms with E-state index in [0.717, 1.165) is 42.5 Å². The molecule has 1 atom stereocenters. The number of hydrogen-bond donors (Lipinski definition) is 0. The summed E-state index contributed by atoms with van der Waals surface area (Å²) in [6.45, 7) is 0.961. The van der Waals surface area contributed by atoms with Gasteiger partial charge in [0.05, 0.1) is 12.3 Å². The number of amides is 1. The Morgan fingerprint density at radius 2 is 1.79 bits per heavy atom. The molecule has 2 aromatic rings. The van der Waals surface area contributed by atoms with Crippen molar-refractivity contribution in [3.05, 3.63) is 71.5 Å². The van der Waals surface area contributed by atoms with Crippen LogP contribution in [-0.4, -0.2) is 29.2 Å². The fourth-order valence-corrected chi connectivity index (χ4v) is 4.05. The van der Waals surface area contributed by atoms with Gasteiger partial charge in [-0.05, 0) is 36.1 Å². The summed E-state index contributed by atoms with van der Waals surface area (Å²) in [4.78, 5) is 20.6. The fraction of sp³-hybridized carbons (Fsp3) is 0.391. The first kappa shape index (κ1) is 18.7. The highest BCUT2D eigenvalue weighted by molar-refractivity contribution is 6.01. The van der Waals surface area contributed by atoms with E-state index in [9.17, 15) is 9.18 Å². The lowest BCUT2D eigenvalue weighted by molar-refractivity contribution is -0.137. The molecule has 0 spiro atoms. The van der Waals surface area contributed by atoms with Crippen LogP contribution in [-0.2, 0) is 16.2 Å². The number of carbonyl (C=O) groups is 1. The minimum absolute atomic E-state index is 0.0939. The summed E-state index contributed by atoms with van der Waals surface area (Å²) >= 11 is 0. The van der Waals surface area contributed by atoms with Crippen LogP contribution in [0, 0.1) is 11.7 Å². The zero-order valence-corrected chi connectivity index (χ0v) is 15.9. The maximum atomic E-state index is 13.2. The molecule has 2 aliphatic rings. The molecule has 1 aliphatic heterocycles. The molecule has 1 saturated carbocycles. The predicted molar refractivity (Wildman–Crippen MR) is 106 cm³/mol. The van der Waals surface area contributed by atoms with Gasteiger partial charge in [0.2, 0.25) is 5.91 Å². The molecule has 0 unspecified atom stereocenters. The summed E-state index contributed by atoms with van der Waals surface area (Å²) in [6.07, 6.45) is 4.67. The highest BCUT2D eigenvalue weighted by atomic mass is 19.1. The molecule has 1 amide bonds. The van der Waals surface area contributed by atoms with Crippen LogP contribution in [0.4, 0.5) is 4.39 Å². The Kier molecular flexibility index (Phi) is 5.70. The topological polar surface area (TPSA) is 41.9 Å². The van der Waals surface area contributed by atoms with Crippen LogP contribution in [0.15, 0.2) is 59.8 Å². The van der Waals surface area contributed by atoms with Gasteiger partial charge in [-0.15, -0.1) is 0 Å². The summed E-state index contributed by atoms with van der Waals surface area (Å²) in [7, 11) is 0. The van der Waals surface area contributed by atoms with Crippen molar-refractivity contribution in [2.45, 2.75) is 44.8 Å². The second kappa shape index (κ2) is 8.55. The standard InChI is InChI=1S/C23H25FN2O2/c24-20-12-10-17(11-13-20)15-26(23(27)19-8-4-5-9-19)16-21-14-22(25-28-21)18-6-2-1-3-7-18/h1-3,6-7,10-13,19,21H,4-5,8-9,14-16H2/t21-/m1/s1. The van der Waals surface area contributed by atoms with Gasteiger partial charge in [0.25, 0.3) is 0 Å². The molecule has 146 valence electrons. The van der Waals surface area contributed by atoms with E-state index in [1.165, 1.54) is 12.1 Å². The molecular formula is C23H25FN2O2. The van der Waals surface area contributed by atoms with E-state index < -0.39 is 0 Å². The molecule has 4 nitrogen and oxygen atoms in total. The number of oxime groups is 1. The molecule has 1 aliphatic carbocycles. The largest absolute Gasteiger partial charge is 0.390 e. The van der Waals surface area contributed by atoms with E-state index >= 15 is 0 Å². The second-order valence-electron chi connectivity index (χ2n) is 7.66. The van der Waals surface area contributed by atoms with Gasteiger partial charge in [0, 0.05) is 18.9 Å². The number of nitrogens with zero attached hydrogens (tertiary/aromatic N) is 2. The van der Waals surface area contributed by atoms with Gasteiger partial charge >= 0.3 is 0 Å². The maximum Gasteiger partial charge on any atom is 0.226 e. The molecule has 4 rings (SSSR count). The molecule has 0 N–H and O–H groups in total. The molecule has 1 fully saturated rings.